The van der Waals surface area contributed by atoms with E-state index in [4.69, 9.17) is 0 Å². The lowest BCUT2D eigenvalue weighted by molar-refractivity contribution is -0.137. The van der Waals surface area contributed by atoms with Crippen LogP contribution in [0.5, 0.6) is 0 Å². The van der Waals surface area contributed by atoms with Crippen LogP contribution in [0.2, 0.25) is 0 Å². The SMILES string of the molecule is Cc1ccc([S@](=O)c2ccccc2[C@@](C)(C#N)NCc2ccc(C(F)(F)F)cc2)cc1. The van der Waals surface area contributed by atoms with Crippen LogP contribution in [0.3, 0.4) is 0 Å². The van der Waals surface area contributed by atoms with Crippen LogP contribution in [0.15, 0.2) is 82.6 Å². The fourth-order valence-electron chi connectivity index (χ4n) is 3.12. The third-order valence-electron chi connectivity index (χ3n) is 5.01. The van der Waals surface area contributed by atoms with E-state index in [9.17, 15) is 22.6 Å². The molecule has 3 aromatic carbocycles. The number of hydrogen-bond donors (Lipinski definition) is 1. The van der Waals surface area contributed by atoms with Crippen LogP contribution in [0.4, 0.5) is 13.2 Å². The molecule has 3 nitrogen and oxygen atoms in total. The Morgan fingerprint density at radius 3 is 2.16 bits per heavy atom. The summed E-state index contributed by atoms with van der Waals surface area (Å²) >= 11 is 0. The molecule has 0 aromatic heterocycles. The molecule has 0 saturated carbocycles. The van der Waals surface area contributed by atoms with Gasteiger partial charge in [-0.1, -0.05) is 48.0 Å². The van der Waals surface area contributed by atoms with E-state index in [2.05, 4.69) is 11.4 Å². The summed E-state index contributed by atoms with van der Waals surface area (Å²) < 4.78 is 51.5. The first-order chi connectivity index (χ1) is 14.6. The molecule has 0 radical (unpaired) electrons. The second-order valence-corrected chi connectivity index (χ2v) is 8.81. The number of nitrogens with one attached hydrogen (secondary N) is 1. The molecule has 160 valence electrons. The molecule has 0 aliphatic heterocycles. The van der Waals surface area contributed by atoms with E-state index in [-0.39, 0.29) is 6.54 Å². The van der Waals surface area contributed by atoms with E-state index < -0.39 is 28.1 Å². The van der Waals surface area contributed by atoms with Crippen molar-refractivity contribution < 1.29 is 17.4 Å². The zero-order valence-corrected chi connectivity index (χ0v) is 17.8. The van der Waals surface area contributed by atoms with Crippen LogP contribution in [0.25, 0.3) is 0 Å². The Balaban J connectivity index is 1.87. The fourth-order valence-corrected chi connectivity index (χ4v) is 4.43. The van der Waals surface area contributed by atoms with Crippen LogP contribution in [-0.2, 0) is 29.1 Å². The Morgan fingerprint density at radius 1 is 0.968 bits per heavy atom. The van der Waals surface area contributed by atoms with E-state index in [1.54, 1.807) is 43.3 Å². The van der Waals surface area contributed by atoms with Crippen LogP contribution in [0, 0.1) is 18.3 Å². The molecule has 3 aromatic rings. The van der Waals surface area contributed by atoms with Gasteiger partial charge in [-0.2, -0.15) is 18.4 Å². The molecule has 31 heavy (non-hydrogen) atoms. The molecular formula is C24H21F3N2OS. The minimum absolute atomic E-state index is 0.174. The minimum atomic E-state index is -4.40. The molecule has 0 bridgehead atoms. The third-order valence-corrected chi connectivity index (χ3v) is 6.47. The number of nitrogens with zero attached hydrogens (tertiary/aromatic N) is 1. The largest absolute Gasteiger partial charge is 0.416 e. The standard InChI is InChI=1S/C24H21F3N2OS/c1-17-7-13-20(14-8-17)31(30)22-6-4-3-5-21(22)23(2,16-28)29-15-18-9-11-19(12-10-18)24(25,26)27/h3-14,29H,15H2,1-2H3/t23-,31+/m1/s1. The van der Waals surface area contributed by atoms with Crippen molar-refractivity contribution >= 4 is 10.8 Å². The topological polar surface area (TPSA) is 52.9 Å². The smallest absolute Gasteiger partial charge is 0.292 e. The fraction of sp³-hybridized carbons (Fsp3) is 0.208. The molecule has 0 amide bonds. The zero-order valence-electron chi connectivity index (χ0n) is 17.0. The van der Waals surface area contributed by atoms with Gasteiger partial charge in [0.25, 0.3) is 0 Å². The average Bonchev–Trinajstić information content (AvgIpc) is 2.77. The molecule has 7 heteroatoms. The van der Waals surface area contributed by atoms with E-state index in [1.165, 1.54) is 12.1 Å². The van der Waals surface area contributed by atoms with Crippen LogP contribution in [0.1, 0.15) is 29.2 Å². The van der Waals surface area contributed by atoms with Gasteiger partial charge < -0.3 is 0 Å². The highest BCUT2D eigenvalue weighted by Gasteiger charge is 2.31. The van der Waals surface area contributed by atoms with Gasteiger partial charge in [0, 0.05) is 21.9 Å². The van der Waals surface area contributed by atoms with Crippen LogP contribution >= 0.6 is 0 Å². The second kappa shape index (κ2) is 9.04. The predicted octanol–water partition coefficient (Wildman–Crippen LogP) is 5.71. The zero-order chi connectivity index (χ0) is 22.6. The summed E-state index contributed by atoms with van der Waals surface area (Å²) in [7, 11) is -1.49. The average molecular weight is 443 g/mol. The van der Waals surface area contributed by atoms with Gasteiger partial charge in [-0.3, -0.25) is 5.32 Å². The number of nitriles is 1. The summed E-state index contributed by atoms with van der Waals surface area (Å²) in [5.74, 6) is 0. The molecule has 0 aliphatic carbocycles. The van der Waals surface area contributed by atoms with Crippen LogP contribution in [-0.4, -0.2) is 4.21 Å². The number of aryl methyl sites for hydroxylation is 1. The van der Waals surface area contributed by atoms with Gasteiger partial charge in [0.15, 0.2) is 0 Å². The summed E-state index contributed by atoms with van der Waals surface area (Å²) in [5.41, 5.74) is 0.293. The van der Waals surface area contributed by atoms with Crippen molar-refractivity contribution in [2.45, 2.75) is 41.9 Å². The normalized spacial score (nSPS) is 14.5. The quantitative estimate of drug-likeness (QED) is 0.532. The van der Waals surface area contributed by atoms with E-state index in [1.807, 2.05) is 19.1 Å². The van der Waals surface area contributed by atoms with Crippen molar-refractivity contribution in [1.82, 2.24) is 5.32 Å². The van der Waals surface area contributed by atoms with Gasteiger partial charge in [-0.25, -0.2) is 4.21 Å². The number of rotatable bonds is 6. The Bertz CT molecular complexity index is 1120. The van der Waals surface area contributed by atoms with E-state index >= 15 is 0 Å². The van der Waals surface area contributed by atoms with Gasteiger partial charge in [0.1, 0.15) is 5.54 Å². The van der Waals surface area contributed by atoms with Gasteiger partial charge in [-0.05, 0) is 49.7 Å². The lowest BCUT2D eigenvalue weighted by atomic mass is 9.93. The Labute approximate surface area is 182 Å². The van der Waals surface area contributed by atoms with Gasteiger partial charge in [0.05, 0.1) is 22.4 Å². The number of halogens is 3. The summed E-state index contributed by atoms with van der Waals surface area (Å²) in [5, 5.41) is 13.0. The summed E-state index contributed by atoms with van der Waals surface area (Å²) in [6, 6.07) is 21.3. The van der Waals surface area contributed by atoms with E-state index in [0.717, 1.165) is 17.7 Å². The van der Waals surface area contributed by atoms with Gasteiger partial charge >= 0.3 is 6.18 Å². The molecule has 0 spiro atoms. The molecular weight excluding hydrogens is 421 g/mol. The number of alkyl halides is 3. The summed E-state index contributed by atoms with van der Waals surface area (Å²) in [6.45, 7) is 3.79. The highest BCUT2D eigenvalue weighted by molar-refractivity contribution is 7.85. The first kappa shape index (κ1) is 22.7. The predicted molar refractivity (Wildman–Crippen MR) is 114 cm³/mol. The van der Waals surface area contributed by atoms with Crippen molar-refractivity contribution in [3.8, 4) is 6.07 Å². The molecule has 0 saturated heterocycles. The molecule has 0 heterocycles. The molecule has 2 atom stereocenters. The lowest BCUT2D eigenvalue weighted by Gasteiger charge is -2.26. The molecule has 1 N–H and O–H groups in total. The Kier molecular flexibility index (Phi) is 6.63. The first-order valence-electron chi connectivity index (χ1n) is 9.54. The maximum absolute atomic E-state index is 13.2. The highest BCUT2D eigenvalue weighted by Crippen LogP contribution is 2.31. The van der Waals surface area contributed by atoms with Gasteiger partial charge in [-0.15, -0.1) is 0 Å². The Hall–Kier alpha value is -2.95. The second-order valence-electron chi connectivity index (χ2n) is 7.36. The highest BCUT2D eigenvalue weighted by atomic mass is 32.2. The Morgan fingerprint density at radius 2 is 1.58 bits per heavy atom. The summed E-state index contributed by atoms with van der Waals surface area (Å²) in [4.78, 5) is 1.14. The van der Waals surface area contributed by atoms with Crippen molar-refractivity contribution in [2.24, 2.45) is 0 Å². The molecule has 0 aliphatic rings. The molecule has 0 unspecified atom stereocenters. The maximum atomic E-state index is 13.2. The summed E-state index contributed by atoms with van der Waals surface area (Å²) in [6.07, 6.45) is -4.40. The van der Waals surface area contributed by atoms with Gasteiger partial charge in [0.2, 0.25) is 0 Å². The number of benzene rings is 3. The number of hydrogen-bond acceptors (Lipinski definition) is 3. The maximum Gasteiger partial charge on any atom is 0.416 e. The molecule has 0 fully saturated rings. The van der Waals surface area contributed by atoms with Crippen molar-refractivity contribution in [2.75, 3.05) is 0 Å². The third kappa shape index (κ3) is 5.22. The minimum Gasteiger partial charge on any atom is -0.292 e. The lowest BCUT2D eigenvalue weighted by Crippen LogP contribution is -2.38. The first-order valence-corrected chi connectivity index (χ1v) is 10.7. The van der Waals surface area contributed by atoms with Crippen molar-refractivity contribution in [1.29, 1.82) is 5.26 Å². The molecule has 3 rings (SSSR count). The van der Waals surface area contributed by atoms with Crippen molar-refractivity contribution in [3.63, 3.8) is 0 Å². The van der Waals surface area contributed by atoms with Crippen LogP contribution < -0.4 is 5.32 Å². The van der Waals surface area contributed by atoms with Crippen molar-refractivity contribution in [3.05, 3.63) is 95.1 Å². The monoisotopic (exact) mass is 442 g/mol. The van der Waals surface area contributed by atoms with E-state index in [0.29, 0.717) is 20.9 Å².